The number of allylic oxidation sites excluding steroid dienone is 3. The number of fused-ring (bicyclic) bond motifs is 1. The normalized spacial score (nSPS) is 21.3. The fourth-order valence-corrected chi connectivity index (χ4v) is 5.22. The minimum absolute atomic E-state index is 0.0683. The van der Waals surface area contributed by atoms with Gasteiger partial charge in [-0.3, -0.25) is 0 Å². The Bertz CT molecular complexity index is 1030. The first kappa shape index (κ1) is 22.7. The lowest BCUT2D eigenvalue weighted by Gasteiger charge is -2.19. The molecule has 172 valence electrons. The van der Waals surface area contributed by atoms with Gasteiger partial charge in [-0.05, 0) is 45.1 Å². The lowest BCUT2D eigenvalue weighted by Crippen LogP contribution is -2.24. The van der Waals surface area contributed by atoms with Gasteiger partial charge in [-0.25, -0.2) is 9.97 Å². The molecule has 6 nitrogen and oxygen atoms in total. The summed E-state index contributed by atoms with van der Waals surface area (Å²) >= 11 is 1.52. The Morgan fingerprint density at radius 1 is 1.22 bits per heavy atom. The number of hydrogen-bond acceptors (Lipinski definition) is 7. The molecule has 2 aliphatic rings. The summed E-state index contributed by atoms with van der Waals surface area (Å²) in [4.78, 5) is 14.5. The van der Waals surface area contributed by atoms with Crippen LogP contribution in [0.4, 0.5) is 24.9 Å². The predicted molar refractivity (Wildman–Crippen MR) is 121 cm³/mol. The third-order valence-electron chi connectivity index (χ3n) is 5.78. The molecule has 0 bridgehead atoms. The summed E-state index contributed by atoms with van der Waals surface area (Å²) in [5, 5.41) is 16.4. The number of aliphatic hydroxyl groups excluding tert-OH is 1. The van der Waals surface area contributed by atoms with Gasteiger partial charge < -0.3 is 15.7 Å². The van der Waals surface area contributed by atoms with E-state index in [-0.39, 0.29) is 17.9 Å². The molecule has 1 fully saturated rings. The summed E-state index contributed by atoms with van der Waals surface area (Å²) < 4.78 is 38.2. The van der Waals surface area contributed by atoms with Gasteiger partial charge in [0.25, 0.3) is 0 Å². The molecule has 0 aliphatic heterocycles. The molecule has 1 saturated carbocycles. The van der Waals surface area contributed by atoms with Gasteiger partial charge in [-0.2, -0.15) is 18.2 Å². The number of thiazole rings is 1. The maximum Gasteiger partial charge on any atom is 0.405 e. The predicted octanol–water partition coefficient (Wildman–Crippen LogP) is 4.97. The summed E-state index contributed by atoms with van der Waals surface area (Å²) in [6.07, 6.45) is 6.45. The van der Waals surface area contributed by atoms with Gasteiger partial charge in [0.15, 0.2) is 0 Å². The van der Waals surface area contributed by atoms with E-state index in [0.717, 1.165) is 34.8 Å². The minimum Gasteiger partial charge on any atom is -0.393 e. The van der Waals surface area contributed by atoms with Crippen molar-refractivity contribution >= 4 is 29.2 Å². The van der Waals surface area contributed by atoms with Crippen molar-refractivity contribution in [3.05, 3.63) is 34.5 Å². The summed E-state index contributed by atoms with van der Waals surface area (Å²) in [6, 6.07) is 0.0683. The first-order valence-corrected chi connectivity index (χ1v) is 11.5. The van der Waals surface area contributed by atoms with Crippen LogP contribution in [0.25, 0.3) is 16.6 Å². The second kappa shape index (κ2) is 9.19. The van der Waals surface area contributed by atoms with Gasteiger partial charge >= 0.3 is 6.18 Å². The van der Waals surface area contributed by atoms with E-state index in [1.807, 2.05) is 24.3 Å². The molecule has 2 aromatic heterocycles. The van der Waals surface area contributed by atoms with Crippen LogP contribution in [0.5, 0.6) is 0 Å². The van der Waals surface area contributed by atoms with E-state index < -0.39 is 18.8 Å². The van der Waals surface area contributed by atoms with E-state index in [0.29, 0.717) is 23.5 Å². The third-order valence-corrected chi connectivity index (χ3v) is 6.86. The first-order valence-electron chi connectivity index (χ1n) is 10.7. The number of nitrogens with one attached hydrogen (secondary N) is 2. The average Bonchev–Trinajstić information content (AvgIpc) is 3.27. The number of halogens is 3. The Hall–Kier alpha value is -2.46. The maximum atomic E-state index is 12.7. The standard InChI is InChI=1S/C22H26F3N5OS/c1-12-18(20-29-16-6-4-3-5-7-17(16)32-20)19(28-15-9-8-14(10-15)13(2)31)30-21(27-12)26-11-22(23,24)25/h3-5,7,13-15,31H,6,8-11H2,1-2H3,(H2,26,27,28,30). The Balaban J connectivity index is 1.68. The molecule has 2 aliphatic carbocycles. The largest absolute Gasteiger partial charge is 0.405 e. The molecule has 0 saturated heterocycles. The lowest BCUT2D eigenvalue weighted by atomic mass is 10.0. The second-order valence-electron chi connectivity index (χ2n) is 8.30. The monoisotopic (exact) mass is 465 g/mol. The Morgan fingerprint density at radius 3 is 2.75 bits per heavy atom. The highest BCUT2D eigenvalue weighted by atomic mass is 32.1. The zero-order valence-corrected chi connectivity index (χ0v) is 18.7. The molecule has 0 aromatic carbocycles. The number of aryl methyl sites for hydroxylation is 1. The Kier molecular flexibility index (Phi) is 6.52. The maximum absolute atomic E-state index is 12.7. The lowest BCUT2D eigenvalue weighted by molar-refractivity contribution is -0.115. The van der Waals surface area contributed by atoms with Crippen LogP contribution in [-0.4, -0.2) is 44.9 Å². The zero-order chi connectivity index (χ0) is 22.9. The average molecular weight is 466 g/mol. The van der Waals surface area contributed by atoms with Crippen LogP contribution in [-0.2, 0) is 6.42 Å². The number of rotatable bonds is 6. The van der Waals surface area contributed by atoms with Crippen LogP contribution in [0.3, 0.4) is 0 Å². The topological polar surface area (TPSA) is 83.0 Å². The van der Waals surface area contributed by atoms with E-state index >= 15 is 0 Å². The number of aromatic nitrogens is 3. The minimum atomic E-state index is -4.37. The molecule has 0 radical (unpaired) electrons. The van der Waals surface area contributed by atoms with Gasteiger partial charge in [-0.15, -0.1) is 11.3 Å². The first-order chi connectivity index (χ1) is 15.2. The van der Waals surface area contributed by atoms with Gasteiger partial charge in [-0.1, -0.05) is 18.2 Å². The fourth-order valence-electron chi connectivity index (χ4n) is 4.12. The quantitative estimate of drug-likeness (QED) is 0.559. The van der Waals surface area contributed by atoms with E-state index in [1.54, 1.807) is 13.8 Å². The Morgan fingerprint density at radius 2 is 2.03 bits per heavy atom. The highest BCUT2D eigenvalue weighted by molar-refractivity contribution is 7.16. The molecule has 2 heterocycles. The summed E-state index contributed by atoms with van der Waals surface area (Å²) in [6.45, 7) is 2.34. The van der Waals surface area contributed by atoms with Gasteiger partial charge in [0.1, 0.15) is 17.4 Å². The smallest absolute Gasteiger partial charge is 0.393 e. The van der Waals surface area contributed by atoms with Crippen LogP contribution in [0.2, 0.25) is 0 Å². The molecule has 0 spiro atoms. The molecule has 2 aromatic rings. The summed E-state index contributed by atoms with van der Waals surface area (Å²) in [7, 11) is 0. The fraction of sp³-hybridized carbons (Fsp3) is 0.500. The molecule has 3 atom stereocenters. The number of anilines is 2. The van der Waals surface area contributed by atoms with Crippen LogP contribution < -0.4 is 10.6 Å². The molecule has 10 heteroatoms. The van der Waals surface area contributed by atoms with Crippen molar-refractivity contribution in [3.63, 3.8) is 0 Å². The van der Waals surface area contributed by atoms with Crippen molar-refractivity contribution in [2.75, 3.05) is 17.2 Å². The van der Waals surface area contributed by atoms with Crippen LogP contribution in [0.1, 0.15) is 42.5 Å². The van der Waals surface area contributed by atoms with Crippen molar-refractivity contribution in [2.45, 2.75) is 57.9 Å². The van der Waals surface area contributed by atoms with E-state index in [9.17, 15) is 18.3 Å². The van der Waals surface area contributed by atoms with Gasteiger partial charge in [0.2, 0.25) is 5.95 Å². The molecule has 3 N–H and O–H groups in total. The van der Waals surface area contributed by atoms with Crippen LogP contribution in [0, 0.1) is 12.8 Å². The van der Waals surface area contributed by atoms with Gasteiger partial charge in [0.05, 0.1) is 27.9 Å². The Labute approximate surface area is 188 Å². The van der Waals surface area contributed by atoms with E-state index in [4.69, 9.17) is 4.98 Å². The molecule has 3 unspecified atom stereocenters. The molecular formula is C22H26F3N5OS. The molecule has 0 amide bonds. The SMILES string of the molecule is Cc1nc(NCC(F)(F)F)nc(NC2CCC(C(C)O)C2)c1-c1nc2c(s1)C=CC=CC2. The van der Waals surface area contributed by atoms with Crippen LogP contribution >= 0.6 is 11.3 Å². The molecular weight excluding hydrogens is 439 g/mol. The van der Waals surface area contributed by atoms with Crippen LogP contribution in [0.15, 0.2) is 18.2 Å². The van der Waals surface area contributed by atoms with Crippen molar-refractivity contribution in [1.29, 1.82) is 0 Å². The van der Waals surface area contributed by atoms with Crippen molar-refractivity contribution < 1.29 is 18.3 Å². The summed E-state index contributed by atoms with van der Waals surface area (Å²) in [5.41, 5.74) is 2.22. The molecule has 32 heavy (non-hydrogen) atoms. The second-order valence-corrected chi connectivity index (χ2v) is 9.33. The summed E-state index contributed by atoms with van der Waals surface area (Å²) in [5.74, 6) is 0.591. The van der Waals surface area contributed by atoms with Crippen molar-refractivity contribution in [3.8, 4) is 10.6 Å². The third kappa shape index (κ3) is 5.29. The number of aliphatic hydroxyl groups is 1. The molecule has 4 rings (SSSR count). The highest BCUT2D eigenvalue weighted by Gasteiger charge is 2.30. The van der Waals surface area contributed by atoms with E-state index in [2.05, 4.69) is 20.6 Å². The zero-order valence-electron chi connectivity index (χ0n) is 17.9. The number of hydrogen-bond donors (Lipinski definition) is 3. The van der Waals surface area contributed by atoms with Crippen molar-refractivity contribution in [2.24, 2.45) is 5.92 Å². The highest BCUT2D eigenvalue weighted by Crippen LogP contribution is 2.38. The number of alkyl halides is 3. The number of nitrogens with zero attached hydrogens (tertiary/aromatic N) is 3. The van der Waals surface area contributed by atoms with E-state index in [1.165, 1.54) is 11.3 Å². The van der Waals surface area contributed by atoms with Gasteiger partial charge in [0, 0.05) is 12.5 Å². The van der Waals surface area contributed by atoms with Crippen molar-refractivity contribution in [1.82, 2.24) is 15.0 Å².